The number of alkyl halides is 3. The Labute approximate surface area is 157 Å². The van der Waals surface area contributed by atoms with Crippen molar-refractivity contribution in [1.82, 2.24) is 9.80 Å². The lowest BCUT2D eigenvalue weighted by Gasteiger charge is -2.44. The molecule has 2 unspecified atom stereocenters. The summed E-state index contributed by atoms with van der Waals surface area (Å²) in [4.78, 5) is 28.1. The highest BCUT2D eigenvalue weighted by atomic mass is 19.4. The van der Waals surface area contributed by atoms with Crippen LogP contribution < -0.4 is 0 Å². The number of benzene rings is 1. The molecule has 2 amide bonds. The molecule has 5 nitrogen and oxygen atoms in total. The Balaban J connectivity index is 2.22. The van der Waals surface area contributed by atoms with Crippen molar-refractivity contribution in [2.24, 2.45) is 0 Å². The van der Waals surface area contributed by atoms with Gasteiger partial charge in [0, 0.05) is 25.2 Å². The summed E-state index contributed by atoms with van der Waals surface area (Å²) in [7, 11) is 0. The SMILES string of the molecule is CC1CN(C(=O)OC(C)(C)C)CC(C)N1C(=O)c1ccccc1C(F)(F)F. The van der Waals surface area contributed by atoms with Gasteiger partial charge in [0.1, 0.15) is 5.60 Å². The fourth-order valence-electron chi connectivity index (χ4n) is 3.25. The predicted octanol–water partition coefficient (Wildman–Crippen LogP) is 4.18. The van der Waals surface area contributed by atoms with Crippen molar-refractivity contribution in [3.63, 3.8) is 0 Å². The number of halogens is 3. The third kappa shape index (κ3) is 4.93. The number of rotatable bonds is 1. The van der Waals surface area contributed by atoms with Crippen molar-refractivity contribution in [1.29, 1.82) is 0 Å². The molecule has 0 saturated carbocycles. The summed E-state index contributed by atoms with van der Waals surface area (Å²) in [5, 5.41) is 0. The van der Waals surface area contributed by atoms with Gasteiger partial charge in [-0.1, -0.05) is 12.1 Å². The van der Waals surface area contributed by atoms with Crippen LogP contribution in [0.2, 0.25) is 0 Å². The van der Waals surface area contributed by atoms with Gasteiger partial charge in [-0.05, 0) is 46.8 Å². The maximum atomic E-state index is 13.3. The van der Waals surface area contributed by atoms with Gasteiger partial charge in [0.2, 0.25) is 0 Å². The molecule has 1 heterocycles. The minimum atomic E-state index is -4.61. The molecule has 1 aliphatic rings. The highest BCUT2D eigenvalue weighted by Gasteiger charge is 2.40. The molecule has 0 aromatic heterocycles. The molecule has 8 heteroatoms. The number of carbonyl (C=O) groups excluding carboxylic acids is 2. The number of hydrogen-bond donors (Lipinski definition) is 0. The van der Waals surface area contributed by atoms with Crippen LogP contribution in [0, 0.1) is 0 Å². The Morgan fingerprint density at radius 2 is 1.56 bits per heavy atom. The maximum absolute atomic E-state index is 13.3. The van der Waals surface area contributed by atoms with Crippen LogP contribution in [0.3, 0.4) is 0 Å². The molecule has 0 aliphatic carbocycles. The second-order valence-electron chi connectivity index (χ2n) is 7.84. The first-order chi connectivity index (χ1) is 12.3. The number of piperazine rings is 1. The highest BCUT2D eigenvalue weighted by Crippen LogP contribution is 2.33. The number of nitrogens with zero attached hydrogens (tertiary/aromatic N) is 2. The molecule has 150 valence electrons. The fraction of sp³-hybridized carbons (Fsp3) is 0.579. The first-order valence-electron chi connectivity index (χ1n) is 8.78. The third-order valence-electron chi connectivity index (χ3n) is 4.27. The van der Waals surface area contributed by atoms with Crippen LogP contribution in [0.5, 0.6) is 0 Å². The van der Waals surface area contributed by atoms with E-state index in [1.54, 1.807) is 34.6 Å². The first kappa shape index (κ1) is 21.1. The van der Waals surface area contributed by atoms with Gasteiger partial charge < -0.3 is 14.5 Å². The van der Waals surface area contributed by atoms with Crippen molar-refractivity contribution in [3.05, 3.63) is 35.4 Å². The van der Waals surface area contributed by atoms with Crippen LogP contribution >= 0.6 is 0 Å². The zero-order valence-electron chi connectivity index (χ0n) is 16.1. The number of ether oxygens (including phenoxy) is 1. The average molecular weight is 386 g/mol. The Bertz CT molecular complexity index is 701. The summed E-state index contributed by atoms with van der Waals surface area (Å²) in [5.41, 5.74) is -1.99. The molecular weight excluding hydrogens is 361 g/mol. The van der Waals surface area contributed by atoms with E-state index in [9.17, 15) is 22.8 Å². The van der Waals surface area contributed by atoms with Gasteiger partial charge in [-0.2, -0.15) is 13.2 Å². The Morgan fingerprint density at radius 3 is 2.04 bits per heavy atom. The second kappa shape index (κ2) is 7.40. The maximum Gasteiger partial charge on any atom is 0.417 e. The zero-order chi connectivity index (χ0) is 20.6. The summed E-state index contributed by atoms with van der Waals surface area (Å²) in [5.74, 6) is -0.688. The molecule has 27 heavy (non-hydrogen) atoms. The van der Waals surface area contributed by atoms with Gasteiger partial charge in [-0.3, -0.25) is 4.79 Å². The van der Waals surface area contributed by atoms with E-state index in [1.165, 1.54) is 28.0 Å². The normalized spacial score (nSPS) is 21.2. The Kier molecular flexibility index (Phi) is 5.77. The molecule has 0 spiro atoms. The van der Waals surface area contributed by atoms with Gasteiger partial charge in [0.15, 0.2) is 0 Å². The molecule has 1 fully saturated rings. The van der Waals surface area contributed by atoms with Crippen molar-refractivity contribution in [2.75, 3.05) is 13.1 Å². The molecule has 2 atom stereocenters. The Hall–Kier alpha value is -2.25. The van der Waals surface area contributed by atoms with E-state index < -0.39 is 41.4 Å². The standard InChI is InChI=1S/C19H25F3N2O3/c1-12-10-23(17(26)27-18(3,4)5)11-13(2)24(12)16(25)14-8-6-7-9-15(14)19(20,21)22/h6-9,12-13H,10-11H2,1-5H3. The smallest absolute Gasteiger partial charge is 0.417 e. The molecule has 2 rings (SSSR count). The van der Waals surface area contributed by atoms with Gasteiger partial charge in [-0.15, -0.1) is 0 Å². The molecule has 0 bridgehead atoms. The largest absolute Gasteiger partial charge is 0.444 e. The lowest BCUT2D eigenvalue weighted by Crippen LogP contribution is -2.60. The first-order valence-corrected chi connectivity index (χ1v) is 8.78. The summed E-state index contributed by atoms with van der Waals surface area (Å²) < 4.78 is 45.1. The molecule has 1 saturated heterocycles. The van der Waals surface area contributed by atoms with Gasteiger partial charge >= 0.3 is 12.3 Å². The number of amides is 2. The van der Waals surface area contributed by atoms with E-state index in [0.717, 1.165) is 6.07 Å². The highest BCUT2D eigenvalue weighted by molar-refractivity contribution is 5.96. The van der Waals surface area contributed by atoms with E-state index in [4.69, 9.17) is 4.74 Å². The van der Waals surface area contributed by atoms with Crippen LogP contribution in [-0.4, -0.2) is 52.6 Å². The summed E-state index contributed by atoms with van der Waals surface area (Å²) in [6.07, 6.45) is -5.11. The molecule has 1 aliphatic heterocycles. The van der Waals surface area contributed by atoms with Crippen molar-refractivity contribution in [2.45, 2.75) is 58.5 Å². The molecule has 1 aromatic rings. The van der Waals surface area contributed by atoms with E-state index in [-0.39, 0.29) is 18.7 Å². The summed E-state index contributed by atoms with van der Waals surface area (Å²) in [6.45, 7) is 9.07. The lowest BCUT2D eigenvalue weighted by atomic mass is 10.0. The van der Waals surface area contributed by atoms with E-state index in [0.29, 0.717) is 0 Å². The lowest BCUT2D eigenvalue weighted by molar-refractivity contribution is -0.138. The topological polar surface area (TPSA) is 49.9 Å². The monoisotopic (exact) mass is 386 g/mol. The minimum absolute atomic E-state index is 0.194. The van der Waals surface area contributed by atoms with Crippen LogP contribution in [-0.2, 0) is 10.9 Å². The van der Waals surface area contributed by atoms with E-state index >= 15 is 0 Å². The summed E-state index contributed by atoms with van der Waals surface area (Å²) in [6, 6.07) is 3.86. The van der Waals surface area contributed by atoms with Crippen LogP contribution in [0.25, 0.3) is 0 Å². The minimum Gasteiger partial charge on any atom is -0.444 e. The molecular formula is C19H25F3N2O3. The molecule has 0 radical (unpaired) electrons. The van der Waals surface area contributed by atoms with Crippen LogP contribution in [0.15, 0.2) is 24.3 Å². The third-order valence-corrected chi connectivity index (χ3v) is 4.27. The van der Waals surface area contributed by atoms with Gasteiger partial charge in [0.05, 0.1) is 11.1 Å². The van der Waals surface area contributed by atoms with E-state index in [2.05, 4.69) is 0 Å². The van der Waals surface area contributed by atoms with Crippen molar-refractivity contribution < 1.29 is 27.5 Å². The number of hydrogen-bond acceptors (Lipinski definition) is 3. The van der Waals surface area contributed by atoms with Crippen molar-refractivity contribution >= 4 is 12.0 Å². The molecule has 1 aromatic carbocycles. The quantitative estimate of drug-likeness (QED) is 0.728. The van der Waals surface area contributed by atoms with Gasteiger partial charge in [-0.25, -0.2) is 4.79 Å². The van der Waals surface area contributed by atoms with Gasteiger partial charge in [0.25, 0.3) is 5.91 Å². The fourth-order valence-corrected chi connectivity index (χ4v) is 3.25. The average Bonchev–Trinajstić information content (AvgIpc) is 2.51. The number of carbonyl (C=O) groups is 2. The predicted molar refractivity (Wildman–Crippen MR) is 94.3 cm³/mol. The second-order valence-corrected chi connectivity index (χ2v) is 7.84. The zero-order valence-corrected chi connectivity index (χ0v) is 16.1. The van der Waals surface area contributed by atoms with Crippen molar-refractivity contribution in [3.8, 4) is 0 Å². The van der Waals surface area contributed by atoms with E-state index in [1.807, 2.05) is 0 Å². The van der Waals surface area contributed by atoms with Crippen LogP contribution in [0.1, 0.15) is 50.5 Å². The van der Waals surface area contributed by atoms with Crippen LogP contribution in [0.4, 0.5) is 18.0 Å². The molecule has 0 N–H and O–H groups in total. The Morgan fingerprint density at radius 1 is 1.04 bits per heavy atom. The summed E-state index contributed by atoms with van der Waals surface area (Å²) >= 11 is 0.